The van der Waals surface area contributed by atoms with Gasteiger partial charge < -0.3 is 21.1 Å². The van der Waals surface area contributed by atoms with Crippen LogP contribution in [0.15, 0.2) is 0 Å². The fraction of sp³-hybridized carbons (Fsp3) is 0.955. The lowest BCUT2D eigenvalue weighted by molar-refractivity contribution is -0.133. The third kappa shape index (κ3) is 15.1. The van der Waals surface area contributed by atoms with Crippen molar-refractivity contribution < 1.29 is 20.1 Å². The SMILES string of the molecule is CCCCCCCCCCCCCCC[C@@H](O)[C@H](C(=O)C[C@H](C)O)C(N)O. The van der Waals surface area contributed by atoms with Crippen LogP contribution in [0.2, 0.25) is 0 Å². The molecule has 5 N–H and O–H groups in total. The van der Waals surface area contributed by atoms with Crippen LogP contribution in [0.3, 0.4) is 0 Å². The summed E-state index contributed by atoms with van der Waals surface area (Å²) < 4.78 is 0. The number of aliphatic hydroxyl groups is 3. The van der Waals surface area contributed by atoms with E-state index in [0.29, 0.717) is 6.42 Å². The number of ketones is 1. The number of carbonyl (C=O) groups excluding carboxylic acids is 1. The van der Waals surface area contributed by atoms with E-state index in [0.717, 1.165) is 19.3 Å². The smallest absolute Gasteiger partial charge is 0.145 e. The lowest BCUT2D eigenvalue weighted by Gasteiger charge is -2.24. The molecule has 0 radical (unpaired) electrons. The third-order valence-corrected chi connectivity index (χ3v) is 5.25. The maximum absolute atomic E-state index is 12.0. The second-order valence-corrected chi connectivity index (χ2v) is 8.13. The monoisotopic (exact) mass is 387 g/mol. The molecule has 0 heterocycles. The molecule has 0 aromatic carbocycles. The first-order chi connectivity index (χ1) is 12.9. The number of hydrogen-bond acceptors (Lipinski definition) is 5. The molecule has 0 aromatic rings. The number of Topliss-reactive ketones (excluding diaryl/α,β-unsaturated/α-hetero) is 1. The molecule has 0 saturated carbocycles. The van der Waals surface area contributed by atoms with Crippen molar-refractivity contribution in [1.82, 2.24) is 0 Å². The Hall–Kier alpha value is -0.490. The second-order valence-electron chi connectivity index (χ2n) is 8.13. The fourth-order valence-electron chi connectivity index (χ4n) is 3.61. The van der Waals surface area contributed by atoms with Crippen molar-refractivity contribution in [2.24, 2.45) is 11.7 Å². The Morgan fingerprint density at radius 3 is 1.56 bits per heavy atom. The third-order valence-electron chi connectivity index (χ3n) is 5.25. The highest BCUT2D eigenvalue weighted by molar-refractivity contribution is 5.82. The summed E-state index contributed by atoms with van der Waals surface area (Å²) in [6.45, 7) is 3.76. The van der Waals surface area contributed by atoms with Gasteiger partial charge in [-0.15, -0.1) is 0 Å². The molecule has 0 amide bonds. The highest BCUT2D eigenvalue weighted by Crippen LogP contribution is 2.19. The largest absolute Gasteiger partial charge is 0.393 e. The minimum absolute atomic E-state index is 0.0887. The average molecular weight is 388 g/mol. The van der Waals surface area contributed by atoms with Crippen LogP contribution in [0.25, 0.3) is 0 Å². The Morgan fingerprint density at radius 1 is 0.778 bits per heavy atom. The molecule has 162 valence electrons. The molecule has 0 fully saturated rings. The Balaban J connectivity index is 3.66. The molecule has 0 bridgehead atoms. The number of nitrogens with two attached hydrogens (primary N) is 1. The van der Waals surface area contributed by atoms with Gasteiger partial charge in [-0.25, -0.2) is 0 Å². The minimum Gasteiger partial charge on any atom is -0.393 e. The Morgan fingerprint density at radius 2 is 1.19 bits per heavy atom. The Labute approximate surface area is 166 Å². The van der Waals surface area contributed by atoms with Gasteiger partial charge in [-0.1, -0.05) is 90.4 Å². The van der Waals surface area contributed by atoms with Crippen molar-refractivity contribution in [1.29, 1.82) is 0 Å². The standard InChI is InChI=1S/C22H45NO4/c1-3-4-5-6-7-8-9-10-11-12-13-14-15-16-19(25)21(22(23)27)20(26)17-18(2)24/h18-19,21-22,24-25,27H,3-17,23H2,1-2H3/t18-,19+,21+,22?/m0/s1. The maximum Gasteiger partial charge on any atom is 0.145 e. The average Bonchev–Trinajstić information content (AvgIpc) is 2.58. The molecular formula is C22H45NO4. The van der Waals surface area contributed by atoms with Crippen LogP contribution in [0.4, 0.5) is 0 Å². The van der Waals surface area contributed by atoms with Gasteiger partial charge in [0.25, 0.3) is 0 Å². The molecule has 5 heteroatoms. The first-order valence-electron chi connectivity index (χ1n) is 11.2. The van der Waals surface area contributed by atoms with Gasteiger partial charge in [0.05, 0.1) is 18.1 Å². The molecule has 5 nitrogen and oxygen atoms in total. The van der Waals surface area contributed by atoms with Crippen LogP contribution in [0.1, 0.15) is 110 Å². The van der Waals surface area contributed by atoms with E-state index in [2.05, 4.69) is 6.92 Å². The van der Waals surface area contributed by atoms with E-state index < -0.39 is 24.4 Å². The molecule has 4 atom stereocenters. The molecule has 0 saturated heterocycles. The molecule has 1 unspecified atom stereocenters. The zero-order chi connectivity index (χ0) is 20.5. The summed E-state index contributed by atoms with van der Waals surface area (Å²) >= 11 is 0. The lowest BCUT2D eigenvalue weighted by atomic mass is 9.89. The summed E-state index contributed by atoms with van der Waals surface area (Å²) in [6, 6.07) is 0. The van der Waals surface area contributed by atoms with E-state index in [1.165, 1.54) is 71.1 Å². The zero-order valence-electron chi connectivity index (χ0n) is 17.7. The summed E-state index contributed by atoms with van der Waals surface area (Å²) in [5.41, 5.74) is 5.45. The summed E-state index contributed by atoms with van der Waals surface area (Å²) in [7, 11) is 0. The highest BCUT2D eigenvalue weighted by Gasteiger charge is 2.31. The predicted molar refractivity (Wildman–Crippen MR) is 111 cm³/mol. The Bertz CT molecular complexity index is 347. The van der Waals surface area contributed by atoms with Gasteiger partial charge in [-0.05, 0) is 13.3 Å². The van der Waals surface area contributed by atoms with Crippen LogP contribution in [0.5, 0.6) is 0 Å². The number of hydrogen-bond donors (Lipinski definition) is 4. The van der Waals surface area contributed by atoms with Crippen molar-refractivity contribution in [3.8, 4) is 0 Å². The Kier molecular flexibility index (Phi) is 17.3. The summed E-state index contributed by atoms with van der Waals surface area (Å²) in [4.78, 5) is 12.0. The van der Waals surface area contributed by atoms with Crippen molar-refractivity contribution in [3.63, 3.8) is 0 Å². The first-order valence-corrected chi connectivity index (χ1v) is 11.2. The second kappa shape index (κ2) is 17.6. The van der Waals surface area contributed by atoms with E-state index in [9.17, 15) is 20.1 Å². The summed E-state index contributed by atoms with van der Waals surface area (Å²) in [5.74, 6) is -1.38. The molecule has 0 aliphatic rings. The van der Waals surface area contributed by atoms with Crippen molar-refractivity contribution >= 4 is 5.78 Å². The van der Waals surface area contributed by atoms with Gasteiger partial charge in [0.1, 0.15) is 12.0 Å². The van der Waals surface area contributed by atoms with Crippen LogP contribution >= 0.6 is 0 Å². The minimum atomic E-state index is -1.38. The number of rotatable bonds is 19. The van der Waals surface area contributed by atoms with Crippen LogP contribution in [-0.4, -0.2) is 39.5 Å². The number of aliphatic hydroxyl groups excluding tert-OH is 3. The van der Waals surface area contributed by atoms with Crippen molar-refractivity contribution in [2.75, 3.05) is 0 Å². The van der Waals surface area contributed by atoms with Crippen LogP contribution in [0, 0.1) is 5.92 Å². The zero-order valence-corrected chi connectivity index (χ0v) is 17.7. The predicted octanol–water partition coefficient (Wildman–Crippen LogP) is 4.06. The summed E-state index contributed by atoms with van der Waals surface area (Å²) in [5, 5.41) is 29.1. The topological polar surface area (TPSA) is 104 Å². The van der Waals surface area contributed by atoms with E-state index >= 15 is 0 Å². The molecule has 0 aliphatic heterocycles. The van der Waals surface area contributed by atoms with Crippen LogP contribution in [-0.2, 0) is 4.79 Å². The van der Waals surface area contributed by atoms with E-state index in [4.69, 9.17) is 5.73 Å². The number of carbonyl (C=O) groups is 1. The van der Waals surface area contributed by atoms with Gasteiger partial charge >= 0.3 is 0 Å². The number of unbranched alkanes of at least 4 members (excludes halogenated alkanes) is 12. The molecule has 0 rings (SSSR count). The van der Waals surface area contributed by atoms with Gasteiger partial charge in [0.2, 0.25) is 0 Å². The van der Waals surface area contributed by atoms with Gasteiger partial charge in [-0.2, -0.15) is 0 Å². The summed E-state index contributed by atoms with van der Waals surface area (Å²) in [6.07, 6.45) is 13.6. The molecule has 0 spiro atoms. The highest BCUT2D eigenvalue weighted by atomic mass is 16.3. The van der Waals surface area contributed by atoms with E-state index in [1.807, 2.05) is 0 Å². The van der Waals surface area contributed by atoms with E-state index in [1.54, 1.807) is 0 Å². The fourth-order valence-corrected chi connectivity index (χ4v) is 3.61. The van der Waals surface area contributed by atoms with Crippen molar-refractivity contribution in [3.05, 3.63) is 0 Å². The molecule has 0 aromatic heterocycles. The quantitative estimate of drug-likeness (QED) is 0.198. The molecular weight excluding hydrogens is 342 g/mol. The van der Waals surface area contributed by atoms with Gasteiger partial charge in [0.15, 0.2) is 0 Å². The van der Waals surface area contributed by atoms with E-state index in [-0.39, 0.29) is 12.2 Å². The normalized spacial score (nSPS) is 16.1. The first kappa shape index (κ1) is 26.5. The van der Waals surface area contributed by atoms with Crippen molar-refractivity contribution in [2.45, 2.75) is 129 Å². The maximum atomic E-state index is 12.0. The van der Waals surface area contributed by atoms with Crippen LogP contribution < -0.4 is 5.73 Å². The lowest BCUT2D eigenvalue weighted by Crippen LogP contribution is -2.43. The molecule has 27 heavy (non-hydrogen) atoms. The van der Waals surface area contributed by atoms with Gasteiger partial charge in [0, 0.05) is 6.42 Å². The van der Waals surface area contributed by atoms with Gasteiger partial charge in [-0.3, -0.25) is 4.79 Å². The molecule has 0 aliphatic carbocycles.